The van der Waals surface area contributed by atoms with Crippen molar-refractivity contribution < 1.29 is 4.74 Å². The van der Waals surface area contributed by atoms with E-state index < -0.39 is 0 Å². The Labute approximate surface area is 110 Å². The van der Waals surface area contributed by atoms with Crippen LogP contribution >= 0.6 is 15.9 Å². The van der Waals surface area contributed by atoms with Gasteiger partial charge in [-0.25, -0.2) is 9.97 Å². The van der Waals surface area contributed by atoms with Crippen molar-refractivity contribution in [3.8, 4) is 0 Å². The number of hydrogen-bond donors (Lipinski definition) is 1. The third-order valence-electron chi connectivity index (χ3n) is 3.14. The number of rotatable bonds is 4. The molecule has 94 valence electrons. The summed E-state index contributed by atoms with van der Waals surface area (Å²) in [5.74, 6) is 2.33. The summed E-state index contributed by atoms with van der Waals surface area (Å²) in [6.07, 6.45) is 2.32. The molecule has 1 fully saturated rings. The molecular formula is C12H18BrN3O. The second kappa shape index (κ2) is 5.78. The molecule has 1 aliphatic rings. The maximum Gasteiger partial charge on any atom is 0.131 e. The van der Waals surface area contributed by atoms with E-state index in [1.54, 1.807) is 0 Å². The normalized spacial score (nSPS) is 23.9. The molecule has 1 saturated heterocycles. The Kier molecular flexibility index (Phi) is 4.34. The highest BCUT2D eigenvalue weighted by Crippen LogP contribution is 2.21. The van der Waals surface area contributed by atoms with Crippen LogP contribution in [0.2, 0.25) is 0 Å². The van der Waals surface area contributed by atoms with Gasteiger partial charge in [0.05, 0.1) is 6.10 Å². The predicted octanol–water partition coefficient (Wildman–Crippen LogP) is 2.64. The Hall–Kier alpha value is -0.680. The van der Waals surface area contributed by atoms with Gasteiger partial charge in [-0.15, -0.1) is 0 Å². The minimum atomic E-state index is 0.346. The number of nitrogens with one attached hydrogen (secondary N) is 1. The van der Waals surface area contributed by atoms with Crippen LogP contribution in [0, 0.1) is 5.92 Å². The molecule has 0 bridgehead atoms. The van der Waals surface area contributed by atoms with Gasteiger partial charge in [-0.1, -0.05) is 6.92 Å². The number of nitrogens with zero attached hydrogens (tertiary/aromatic N) is 2. The lowest BCUT2D eigenvalue weighted by Gasteiger charge is -2.15. The first-order chi connectivity index (χ1) is 8.19. The van der Waals surface area contributed by atoms with Crippen LogP contribution in [0.4, 0.5) is 5.82 Å². The van der Waals surface area contributed by atoms with E-state index in [0.717, 1.165) is 42.2 Å². The molecule has 0 radical (unpaired) electrons. The lowest BCUT2D eigenvalue weighted by atomic mass is 10.0. The Morgan fingerprint density at radius 2 is 2.35 bits per heavy atom. The maximum absolute atomic E-state index is 5.54. The molecule has 4 nitrogen and oxygen atoms in total. The van der Waals surface area contributed by atoms with E-state index in [0.29, 0.717) is 12.0 Å². The number of anilines is 1. The van der Waals surface area contributed by atoms with Crippen LogP contribution in [0.3, 0.4) is 0 Å². The van der Waals surface area contributed by atoms with Crippen molar-refractivity contribution in [2.45, 2.75) is 32.8 Å². The maximum atomic E-state index is 5.54. The van der Waals surface area contributed by atoms with Gasteiger partial charge in [0, 0.05) is 31.6 Å². The van der Waals surface area contributed by atoms with Gasteiger partial charge in [0.1, 0.15) is 16.2 Å². The number of aryl methyl sites for hydroxylation is 1. The van der Waals surface area contributed by atoms with Gasteiger partial charge in [0.15, 0.2) is 0 Å². The second-order valence-electron chi connectivity index (χ2n) is 4.35. The Bertz CT molecular complexity index is 386. The van der Waals surface area contributed by atoms with E-state index in [1.807, 2.05) is 6.07 Å². The fourth-order valence-corrected chi connectivity index (χ4v) is 2.41. The molecule has 1 aliphatic heterocycles. The minimum absolute atomic E-state index is 0.346. The molecule has 2 atom stereocenters. The third-order valence-corrected chi connectivity index (χ3v) is 3.54. The summed E-state index contributed by atoms with van der Waals surface area (Å²) in [6.45, 7) is 5.97. The van der Waals surface area contributed by atoms with E-state index >= 15 is 0 Å². The molecule has 17 heavy (non-hydrogen) atoms. The predicted molar refractivity (Wildman–Crippen MR) is 71.1 cm³/mol. The van der Waals surface area contributed by atoms with Crippen LogP contribution in [0.15, 0.2) is 10.7 Å². The van der Waals surface area contributed by atoms with Gasteiger partial charge >= 0.3 is 0 Å². The third kappa shape index (κ3) is 3.39. The van der Waals surface area contributed by atoms with Gasteiger partial charge in [0.25, 0.3) is 0 Å². The van der Waals surface area contributed by atoms with E-state index in [4.69, 9.17) is 4.74 Å². The standard InChI is InChI=1S/C12H18BrN3O/c1-3-11-15-10(13)6-12(16-11)14-7-9-4-5-17-8(9)2/h6,8-9H,3-5,7H2,1-2H3,(H,14,15,16). The molecule has 5 heteroatoms. The van der Waals surface area contributed by atoms with Crippen molar-refractivity contribution in [1.82, 2.24) is 9.97 Å². The smallest absolute Gasteiger partial charge is 0.131 e. The van der Waals surface area contributed by atoms with Crippen LogP contribution in [-0.2, 0) is 11.2 Å². The molecule has 0 spiro atoms. The Morgan fingerprint density at radius 3 is 3.00 bits per heavy atom. The molecule has 1 N–H and O–H groups in total. The highest BCUT2D eigenvalue weighted by atomic mass is 79.9. The molecule has 0 amide bonds. The Balaban J connectivity index is 1.96. The molecular weight excluding hydrogens is 282 g/mol. The van der Waals surface area contributed by atoms with Crippen molar-refractivity contribution in [3.63, 3.8) is 0 Å². The van der Waals surface area contributed by atoms with Crippen LogP contribution in [0.5, 0.6) is 0 Å². The van der Waals surface area contributed by atoms with E-state index in [1.165, 1.54) is 0 Å². The molecule has 1 aromatic rings. The zero-order chi connectivity index (χ0) is 12.3. The van der Waals surface area contributed by atoms with Gasteiger partial charge in [0.2, 0.25) is 0 Å². The first kappa shape index (κ1) is 12.8. The van der Waals surface area contributed by atoms with Gasteiger partial charge in [-0.2, -0.15) is 0 Å². The lowest BCUT2D eigenvalue weighted by molar-refractivity contribution is 0.108. The zero-order valence-electron chi connectivity index (χ0n) is 10.2. The van der Waals surface area contributed by atoms with Crippen LogP contribution in [-0.4, -0.2) is 29.2 Å². The van der Waals surface area contributed by atoms with Crippen molar-refractivity contribution in [1.29, 1.82) is 0 Å². The first-order valence-electron chi connectivity index (χ1n) is 6.08. The monoisotopic (exact) mass is 299 g/mol. The first-order valence-corrected chi connectivity index (χ1v) is 6.87. The summed E-state index contributed by atoms with van der Waals surface area (Å²) >= 11 is 3.40. The fraction of sp³-hybridized carbons (Fsp3) is 0.667. The van der Waals surface area contributed by atoms with Crippen molar-refractivity contribution in [2.24, 2.45) is 5.92 Å². The minimum Gasteiger partial charge on any atom is -0.378 e. The topological polar surface area (TPSA) is 47.0 Å². The van der Waals surface area contributed by atoms with Crippen molar-refractivity contribution in [3.05, 3.63) is 16.5 Å². The molecule has 2 rings (SSSR count). The summed E-state index contributed by atoms with van der Waals surface area (Å²) in [6, 6.07) is 1.92. The molecule has 0 aromatic carbocycles. The quantitative estimate of drug-likeness (QED) is 0.868. The van der Waals surface area contributed by atoms with Crippen LogP contribution in [0.1, 0.15) is 26.1 Å². The molecule has 2 unspecified atom stereocenters. The van der Waals surface area contributed by atoms with Crippen LogP contribution in [0.25, 0.3) is 0 Å². The van der Waals surface area contributed by atoms with E-state index in [9.17, 15) is 0 Å². The largest absolute Gasteiger partial charge is 0.378 e. The summed E-state index contributed by atoms with van der Waals surface area (Å²) < 4.78 is 6.38. The average Bonchev–Trinajstić information content (AvgIpc) is 2.71. The summed E-state index contributed by atoms with van der Waals surface area (Å²) in [5, 5.41) is 3.37. The highest BCUT2D eigenvalue weighted by Gasteiger charge is 2.23. The number of aromatic nitrogens is 2. The molecule has 0 aliphatic carbocycles. The van der Waals surface area contributed by atoms with E-state index in [2.05, 4.69) is 45.1 Å². The fourth-order valence-electron chi connectivity index (χ4n) is 1.99. The SMILES string of the molecule is CCc1nc(Br)cc(NCC2CCOC2C)n1. The highest BCUT2D eigenvalue weighted by molar-refractivity contribution is 9.10. The Morgan fingerprint density at radius 1 is 1.53 bits per heavy atom. The summed E-state index contributed by atoms with van der Waals surface area (Å²) in [7, 11) is 0. The molecule has 0 saturated carbocycles. The van der Waals surface area contributed by atoms with Gasteiger partial charge in [-0.3, -0.25) is 0 Å². The van der Waals surface area contributed by atoms with Gasteiger partial charge < -0.3 is 10.1 Å². The van der Waals surface area contributed by atoms with Gasteiger partial charge in [-0.05, 0) is 29.3 Å². The number of ether oxygens (including phenoxy) is 1. The number of hydrogen-bond acceptors (Lipinski definition) is 4. The number of halogens is 1. The van der Waals surface area contributed by atoms with E-state index in [-0.39, 0.29) is 0 Å². The average molecular weight is 300 g/mol. The molecule has 2 heterocycles. The lowest BCUT2D eigenvalue weighted by Crippen LogP contribution is -2.21. The molecule has 1 aromatic heterocycles. The summed E-state index contributed by atoms with van der Waals surface area (Å²) in [5.41, 5.74) is 0. The van der Waals surface area contributed by atoms with Crippen molar-refractivity contribution in [2.75, 3.05) is 18.5 Å². The second-order valence-corrected chi connectivity index (χ2v) is 5.16. The summed E-state index contributed by atoms with van der Waals surface area (Å²) in [4.78, 5) is 8.73. The van der Waals surface area contributed by atoms with Crippen molar-refractivity contribution >= 4 is 21.7 Å². The van der Waals surface area contributed by atoms with Crippen LogP contribution < -0.4 is 5.32 Å². The zero-order valence-corrected chi connectivity index (χ0v) is 11.8.